The number of aromatic amines is 1. The van der Waals surface area contributed by atoms with E-state index in [2.05, 4.69) is 16.5 Å². The van der Waals surface area contributed by atoms with E-state index in [4.69, 9.17) is 11.6 Å². The summed E-state index contributed by atoms with van der Waals surface area (Å²) in [7, 11) is 1.54. The standard InChI is InChI=1S/C16H15ClN4O2S/c1-3-8-24-11-6-4-10(5-7-11)9-21-12-13(18-15(21)17)20(2)16(23)19-14(12)22/h3-7H,1,8-9H2,2H3,(H,19,22,23). The van der Waals surface area contributed by atoms with E-state index in [9.17, 15) is 9.59 Å². The number of rotatable bonds is 5. The summed E-state index contributed by atoms with van der Waals surface area (Å²) in [6, 6.07) is 7.97. The summed E-state index contributed by atoms with van der Waals surface area (Å²) in [4.78, 5) is 31.4. The minimum absolute atomic E-state index is 0.168. The molecule has 2 aromatic heterocycles. The lowest BCUT2D eigenvalue weighted by atomic mass is 10.2. The third-order valence-corrected chi connectivity index (χ3v) is 4.89. The summed E-state index contributed by atoms with van der Waals surface area (Å²) < 4.78 is 2.87. The van der Waals surface area contributed by atoms with Gasteiger partial charge >= 0.3 is 5.69 Å². The summed E-state index contributed by atoms with van der Waals surface area (Å²) in [5, 5.41) is 0.168. The van der Waals surface area contributed by atoms with E-state index in [1.165, 1.54) is 4.57 Å². The monoisotopic (exact) mass is 362 g/mol. The van der Waals surface area contributed by atoms with E-state index >= 15 is 0 Å². The fourth-order valence-electron chi connectivity index (χ4n) is 2.38. The zero-order chi connectivity index (χ0) is 17.3. The minimum Gasteiger partial charge on any atom is -0.304 e. The maximum absolute atomic E-state index is 12.1. The fraction of sp³-hybridized carbons (Fsp3) is 0.188. The molecule has 124 valence electrons. The summed E-state index contributed by atoms with van der Waals surface area (Å²) in [6.45, 7) is 4.09. The van der Waals surface area contributed by atoms with E-state index in [0.717, 1.165) is 16.2 Å². The van der Waals surface area contributed by atoms with Crippen LogP contribution in [0.15, 0.2) is 51.4 Å². The van der Waals surface area contributed by atoms with Crippen molar-refractivity contribution in [2.24, 2.45) is 7.05 Å². The van der Waals surface area contributed by atoms with Crippen molar-refractivity contribution in [3.05, 3.63) is 68.6 Å². The van der Waals surface area contributed by atoms with Crippen molar-refractivity contribution in [2.45, 2.75) is 11.4 Å². The quantitative estimate of drug-likeness (QED) is 0.430. The lowest BCUT2D eigenvalue weighted by Crippen LogP contribution is -2.29. The molecule has 8 heteroatoms. The van der Waals surface area contributed by atoms with Crippen molar-refractivity contribution >= 4 is 34.5 Å². The molecule has 0 unspecified atom stereocenters. The number of benzene rings is 1. The van der Waals surface area contributed by atoms with E-state index in [-0.39, 0.29) is 16.4 Å². The van der Waals surface area contributed by atoms with Crippen LogP contribution in [0.4, 0.5) is 0 Å². The molecule has 0 fully saturated rings. The summed E-state index contributed by atoms with van der Waals surface area (Å²) >= 11 is 7.87. The summed E-state index contributed by atoms with van der Waals surface area (Å²) in [6.07, 6.45) is 1.85. The predicted molar refractivity (Wildman–Crippen MR) is 97.1 cm³/mol. The number of aromatic nitrogens is 4. The molecule has 0 aliphatic heterocycles. The van der Waals surface area contributed by atoms with Gasteiger partial charge < -0.3 is 4.57 Å². The van der Waals surface area contributed by atoms with Gasteiger partial charge in [-0.3, -0.25) is 14.3 Å². The normalized spacial score (nSPS) is 11.1. The Bertz CT molecular complexity index is 1020. The first-order valence-electron chi connectivity index (χ1n) is 7.19. The number of H-pyrrole nitrogens is 1. The first-order chi connectivity index (χ1) is 11.5. The van der Waals surface area contributed by atoms with Gasteiger partial charge in [0.05, 0.1) is 6.54 Å². The maximum Gasteiger partial charge on any atom is 0.329 e. The molecule has 0 saturated carbocycles. The molecular weight excluding hydrogens is 348 g/mol. The number of hydrogen-bond donors (Lipinski definition) is 1. The van der Waals surface area contributed by atoms with E-state index in [1.807, 2.05) is 30.3 Å². The number of nitrogens with zero attached hydrogens (tertiary/aromatic N) is 3. The zero-order valence-corrected chi connectivity index (χ0v) is 14.5. The fourth-order valence-corrected chi connectivity index (χ4v) is 3.24. The number of fused-ring (bicyclic) bond motifs is 1. The summed E-state index contributed by atoms with van der Waals surface area (Å²) in [5.41, 5.74) is 0.523. The van der Waals surface area contributed by atoms with Crippen LogP contribution >= 0.6 is 23.4 Å². The van der Waals surface area contributed by atoms with Crippen LogP contribution in [-0.4, -0.2) is 24.9 Å². The minimum atomic E-state index is -0.516. The number of thioether (sulfide) groups is 1. The molecule has 3 rings (SSSR count). The van der Waals surface area contributed by atoms with Crippen LogP contribution in [0, 0.1) is 0 Å². The molecule has 0 amide bonds. The Morgan fingerprint density at radius 2 is 2.04 bits per heavy atom. The highest BCUT2D eigenvalue weighted by Gasteiger charge is 2.16. The summed E-state index contributed by atoms with van der Waals surface area (Å²) in [5.74, 6) is 0.848. The molecule has 1 aromatic carbocycles. The predicted octanol–water partition coefficient (Wildman–Crippen LogP) is 2.40. The Balaban J connectivity index is 2.00. The van der Waals surface area contributed by atoms with Crippen LogP contribution in [0.25, 0.3) is 11.2 Å². The topological polar surface area (TPSA) is 72.7 Å². The molecule has 6 nitrogen and oxygen atoms in total. The largest absolute Gasteiger partial charge is 0.329 e. The molecule has 3 aromatic rings. The second-order valence-electron chi connectivity index (χ2n) is 5.20. The Morgan fingerprint density at radius 1 is 1.33 bits per heavy atom. The Morgan fingerprint density at radius 3 is 2.71 bits per heavy atom. The van der Waals surface area contributed by atoms with Gasteiger partial charge in [0.1, 0.15) is 0 Å². The van der Waals surface area contributed by atoms with Crippen molar-refractivity contribution in [2.75, 3.05) is 5.75 Å². The van der Waals surface area contributed by atoms with Gasteiger partial charge in [-0.2, -0.15) is 4.98 Å². The average molecular weight is 363 g/mol. The third-order valence-electron chi connectivity index (χ3n) is 3.59. The average Bonchev–Trinajstić information content (AvgIpc) is 2.89. The smallest absolute Gasteiger partial charge is 0.304 e. The lowest BCUT2D eigenvalue weighted by Gasteiger charge is -2.07. The first-order valence-corrected chi connectivity index (χ1v) is 8.55. The SMILES string of the molecule is C=CCSc1ccc(Cn2c(Cl)nc3c2c(=O)[nH]c(=O)n3C)cc1. The van der Waals surface area contributed by atoms with Gasteiger partial charge in [-0.05, 0) is 29.3 Å². The maximum atomic E-state index is 12.1. The Kier molecular flexibility index (Phi) is 4.64. The second kappa shape index (κ2) is 6.70. The van der Waals surface area contributed by atoms with Gasteiger partial charge in [0, 0.05) is 17.7 Å². The highest BCUT2D eigenvalue weighted by Crippen LogP contribution is 2.21. The van der Waals surface area contributed by atoms with Crippen LogP contribution in [-0.2, 0) is 13.6 Å². The lowest BCUT2D eigenvalue weighted by molar-refractivity contribution is 0.806. The number of aryl methyl sites for hydroxylation is 1. The van der Waals surface area contributed by atoms with E-state index < -0.39 is 11.2 Å². The molecule has 0 radical (unpaired) electrons. The molecule has 0 aliphatic rings. The van der Waals surface area contributed by atoms with Gasteiger partial charge in [-0.1, -0.05) is 18.2 Å². The van der Waals surface area contributed by atoms with Crippen molar-refractivity contribution < 1.29 is 0 Å². The van der Waals surface area contributed by atoms with Gasteiger partial charge in [0.25, 0.3) is 5.56 Å². The van der Waals surface area contributed by atoms with Gasteiger partial charge in [0.2, 0.25) is 5.28 Å². The van der Waals surface area contributed by atoms with Crippen LogP contribution in [0.5, 0.6) is 0 Å². The van der Waals surface area contributed by atoms with E-state index in [0.29, 0.717) is 6.54 Å². The molecule has 0 aliphatic carbocycles. The van der Waals surface area contributed by atoms with Crippen LogP contribution < -0.4 is 11.2 Å². The molecule has 1 N–H and O–H groups in total. The molecule has 24 heavy (non-hydrogen) atoms. The van der Waals surface area contributed by atoms with E-state index in [1.54, 1.807) is 23.4 Å². The molecule has 0 bridgehead atoms. The molecule has 0 spiro atoms. The van der Waals surface area contributed by atoms with Crippen molar-refractivity contribution in [1.82, 2.24) is 19.1 Å². The van der Waals surface area contributed by atoms with Crippen molar-refractivity contribution in [3.63, 3.8) is 0 Å². The van der Waals surface area contributed by atoms with Gasteiger partial charge in [-0.15, -0.1) is 18.3 Å². The van der Waals surface area contributed by atoms with Crippen molar-refractivity contribution in [3.8, 4) is 0 Å². The molecule has 0 saturated heterocycles. The Labute approximate surface area is 146 Å². The first kappa shape index (κ1) is 16.6. The van der Waals surface area contributed by atoms with Gasteiger partial charge in [0.15, 0.2) is 11.2 Å². The number of halogens is 1. The van der Waals surface area contributed by atoms with Crippen LogP contribution in [0.2, 0.25) is 5.28 Å². The highest BCUT2D eigenvalue weighted by molar-refractivity contribution is 7.99. The highest BCUT2D eigenvalue weighted by atomic mass is 35.5. The van der Waals surface area contributed by atoms with Gasteiger partial charge in [-0.25, -0.2) is 4.79 Å². The zero-order valence-electron chi connectivity index (χ0n) is 13.0. The van der Waals surface area contributed by atoms with Crippen LogP contribution in [0.3, 0.4) is 0 Å². The number of nitrogens with one attached hydrogen (secondary N) is 1. The number of hydrogen-bond acceptors (Lipinski definition) is 4. The van der Waals surface area contributed by atoms with Crippen LogP contribution in [0.1, 0.15) is 5.56 Å². The molecule has 0 atom stereocenters. The number of imidazole rings is 1. The van der Waals surface area contributed by atoms with Crippen molar-refractivity contribution in [1.29, 1.82) is 0 Å². The molecular formula is C16H15ClN4O2S. The second-order valence-corrected chi connectivity index (χ2v) is 6.63. The Hall–Kier alpha value is -2.25. The third kappa shape index (κ3) is 3.05. The molecule has 2 heterocycles.